The van der Waals surface area contributed by atoms with Crippen molar-refractivity contribution in [3.63, 3.8) is 0 Å². The first kappa shape index (κ1) is 5.57. The lowest BCUT2D eigenvalue weighted by Crippen LogP contribution is -1.68. The molecule has 0 nitrogen and oxygen atoms in total. The zero-order valence-electron chi connectivity index (χ0n) is 2.99. The maximum absolute atomic E-state index is 4.61. The Morgan fingerprint density at radius 2 is 2.20 bits per heavy atom. The summed E-state index contributed by atoms with van der Waals surface area (Å²) in [5.41, 5.74) is 0. The van der Waals surface area contributed by atoms with Gasteiger partial charge in [0.15, 0.2) is 0 Å². The second kappa shape index (κ2) is 2.79. The molecular weight excluding hydrogens is 148 g/mol. The summed E-state index contributed by atoms with van der Waals surface area (Å²) >= 11 is 7.72. The van der Waals surface area contributed by atoms with Crippen molar-refractivity contribution >= 4 is 31.9 Å². The molecular formula is C3H5BrS. The topological polar surface area (TPSA) is 0 Å². The van der Waals surface area contributed by atoms with Crippen molar-refractivity contribution < 1.29 is 0 Å². The summed E-state index contributed by atoms with van der Waals surface area (Å²) in [5, 5.41) is 0. The number of hydrogen-bond acceptors (Lipinski definition) is 1. The van der Waals surface area contributed by atoms with E-state index in [1.165, 1.54) is 0 Å². The number of rotatable bonds is 1. The molecule has 0 spiro atoms. The second-order valence-corrected chi connectivity index (χ2v) is 2.68. The van der Waals surface area contributed by atoms with Gasteiger partial charge in [-0.15, -0.1) is 0 Å². The predicted molar refractivity (Wildman–Crippen MR) is 31.8 cm³/mol. The van der Waals surface area contributed by atoms with Crippen molar-refractivity contribution in [2.45, 2.75) is 13.3 Å². The molecule has 0 aromatic rings. The van der Waals surface area contributed by atoms with Gasteiger partial charge in [-0.3, -0.25) is 0 Å². The average Bonchev–Trinajstić information content (AvgIpc) is 1.38. The lowest BCUT2D eigenvalue weighted by Gasteiger charge is -1.73. The van der Waals surface area contributed by atoms with E-state index in [0.29, 0.717) is 0 Å². The van der Waals surface area contributed by atoms with Crippen LogP contribution in [-0.2, 0) is 0 Å². The Balaban J connectivity index is 2.85. The summed E-state index contributed by atoms with van der Waals surface area (Å²) in [5.74, 6) is 0. The molecule has 2 heteroatoms. The molecule has 0 aromatic heterocycles. The highest BCUT2D eigenvalue weighted by atomic mass is 79.9. The molecule has 0 amide bonds. The van der Waals surface area contributed by atoms with Crippen molar-refractivity contribution in [1.82, 2.24) is 0 Å². The molecule has 0 bridgehead atoms. The molecule has 0 saturated heterocycles. The zero-order valence-corrected chi connectivity index (χ0v) is 5.40. The van der Waals surface area contributed by atoms with Gasteiger partial charge in [-0.1, -0.05) is 19.1 Å². The quantitative estimate of drug-likeness (QED) is 0.410. The molecule has 30 valence electrons. The van der Waals surface area contributed by atoms with Crippen LogP contribution in [-0.4, -0.2) is 3.77 Å². The minimum absolute atomic E-state index is 0.900. The van der Waals surface area contributed by atoms with Crippen molar-refractivity contribution in [3.8, 4) is 0 Å². The largest absolute Gasteiger partial charge is 0.0768 e. The van der Waals surface area contributed by atoms with Crippen LogP contribution in [0.5, 0.6) is 0 Å². The lowest BCUT2D eigenvalue weighted by atomic mass is 10.6. The van der Waals surface area contributed by atoms with Gasteiger partial charge in [0.25, 0.3) is 0 Å². The van der Waals surface area contributed by atoms with Gasteiger partial charge in [0.1, 0.15) is 0 Å². The second-order valence-electron chi connectivity index (χ2n) is 0.709. The SMILES string of the molecule is CCC(=S)Br. The summed E-state index contributed by atoms with van der Waals surface area (Å²) in [6.45, 7) is 2.01. The first-order chi connectivity index (χ1) is 2.27. The predicted octanol–water partition coefficient (Wildman–Crippen LogP) is 2.12. The van der Waals surface area contributed by atoms with E-state index in [9.17, 15) is 0 Å². The fourth-order valence-electron chi connectivity index (χ4n) is 0. The monoisotopic (exact) mass is 152 g/mol. The number of hydrogen-bond donors (Lipinski definition) is 0. The molecule has 0 aromatic carbocycles. The third kappa shape index (κ3) is 4.57. The van der Waals surface area contributed by atoms with Gasteiger partial charge >= 0.3 is 0 Å². The third-order valence-corrected chi connectivity index (χ3v) is 1.13. The van der Waals surface area contributed by atoms with Gasteiger partial charge < -0.3 is 0 Å². The maximum atomic E-state index is 4.61. The maximum Gasteiger partial charge on any atom is 0.0576 e. The molecule has 0 aliphatic heterocycles. The first-order valence-electron chi connectivity index (χ1n) is 1.45. The summed E-state index contributed by atoms with van der Waals surface area (Å²) in [7, 11) is 0. The molecule has 0 aliphatic rings. The van der Waals surface area contributed by atoms with Crippen molar-refractivity contribution in [2.75, 3.05) is 0 Å². The van der Waals surface area contributed by atoms with Crippen LogP contribution in [0.25, 0.3) is 0 Å². The van der Waals surface area contributed by atoms with Gasteiger partial charge in [0, 0.05) is 0 Å². The van der Waals surface area contributed by atoms with Crippen LogP contribution in [0.1, 0.15) is 13.3 Å². The van der Waals surface area contributed by atoms with E-state index in [2.05, 4.69) is 28.1 Å². The molecule has 5 heavy (non-hydrogen) atoms. The van der Waals surface area contributed by atoms with Crippen molar-refractivity contribution in [3.05, 3.63) is 0 Å². The van der Waals surface area contributed by atoms with E-state index in [1.807, 2.05) is 6.92 Å². The Labute approximate surface area is 45.7 Å². The van der Waals surface area contributed by atoms with E-state index >= 15 is 0 Å². The summed E-state index contributed by atoms with van der Waals surface area (Å²) in [4.78, 5) is 0. The van der Waals surface area contributed by atoms with E-state index in [1.54, 1.807) is 0 Å². The normalized spacial score (nSPS) is 7.60. The fourth-order valence-corrected chi connectivity index (χ4v) is 0. The Hall–Kier alpha value is 0.570. The first-order valence-corrected chi connectivity index (χ1v) is 2.66. The highest BCUT2D eigenvalue weighted by molar-refractivity contribution is 9.20. The average molecular weight is 153 g/mol. The molecule has 0 unspecified atom stereocenters. The summed E-state index contributed by atoms with van der Waals surface area (Å²) in [6.07, 6.45) is 0.954. The molecule has 0 N–H and O–H groups in total. The third-order valence-electron chi connectivity index (χ3n) is 0.278. The molecule has 0 radical (unpaired) electrons. The molecule has 0 fully saturated rings. The van der Waals surface area contributed by atoms with Crippen molar-refractivity contribution in [1.29, 1.82) is 0 Å². The van der Waals surface area contributed by atoms with E-state index in [0.717, 1.165) is 10.2 Å². The Kier molecular flexibility index (Phi) is 3.11. The Morgan fingerprint density at radius 1 is 2.00 bits per heavy atom. The van der Waals surface area contributed by atoms with E-state index in [4.69, 9.17) is 0 Å². The van der Waals surface area contributed by atoms with Crippen LogP contribution in [0.15, 0.2) is 0 Å². The van der Waals surface area contributed by atoms with Crippen LogP contribution >= 0.6 is 28.1 Å². The van der Waals surface area contributed by atoms with Gasteiger partial charge in [-0.25, -0.2) is 0 Å². The summed E-state index contributed by atoms with van der Waals surface area (Å²) in [6, 6.07) is 0. The van der Waals surface area contributed by atoms with Gasteiger partial charge in [0.2, 0.25) is 0 Å². The Bertz CT molecular complexity index is 42.2. The van der Waals surface area contributed by atoms with Crippen LogP contribution in [0, 0.1) is 0 Å². The van der Waals surface area contributed by atoms with Gasteiger partial charge in [0.05, 0.1) is 3.77 Å². The molecule has 0 saturated carbocycles. The van der Waals surface area contributed by atoms with Gasteiger partial charge in [-0.2, -0.15) is 0 Å². The van der Waals surface area contributed by atoms with E-state index < -0.39 is 0 Å². The standard InChI is InChI=1S/C3H5BrS/c1-2-3(4)5/h2H2,1H3. The lowest BCUT2D eigenvalue weighted by molar-refractivity contribution is 1.35. The highest BCUT2D eigenvalue weighted by Gasteiger charge is 1.74. The van der Waals surface area contributed by atoms with Crippen LogP contribution < -0.4 is 0 Å². The van der Waals surface area contributed by atoms with Crippen molar-refractivity contribution in [2.24, 2.45) is 0 Å². The fraction of sp³-hybridized carbons (Fsp3) is 0.667. The number of halogens is 1. The minimum atomic E-state index is 0.900. The number of thiocarbonyl (C=S) groups is 1. The smallest absolute Gasteiger partial charge is 0.0576 e. The van der Waals surface area contributed by atoms with Gasteiger partial charge in [-0.05, 0) is 22.4 Å². The van der Waals surface area contributed by atoms with Crippen LogP contribution in [0.3, 0.4) is 0 Å². The van der Waals surface area contributed by atoms with Crippen LogP contribution in [0.2, 0.25) is 0 Å². The highest BCUT2D eigenvalue weighted by Crippen LogP contribution is 1.91. The molecule has 0 atom stereocenters. The Morgan fingerprint density at radius 3 is 2.20 bits per heavy atom. The van der Waals surface area contributed by atoms with E-state index in [-0.39, 0.29) is 0 Å². The minimum Gasteiger partial charge on any atom is -0.0768 e. The summed E-state index contributed by atoms with van der Waals surface area (Å²) < 4.78 is 0.900. The zero-order chi connectivity index (χ0) is 4.28. The molecule has 0 heterocycles. The molecule has 0 aliphatic carbocycles. The molecule has 0 rings (SSSR count). The van der Waals surface area contributed by atoms with Crippen LogP contribution in [0.4, 0.5) is 0 Å².